The number of benzene rings is 1. The zero-order chi connectivity index (χ0) is 10.6. The summed E-state index contributed by atoms with van der Waals surface area (Å²) in [6.45, 7) is 7.93. The molecule has 0 aliphatic rings. The van der Waals surface area contributed by atoms with Crippen LogP contribution in [0.15, 0.2) is 30.3 Å². The van der Waals surface area contributed by atoms with Gasteiger partial charge < -0.3 is 0 Å². The molecule has 0 N–H and O–H groups in total. The molecule has 1 nitrogen and oxygen atoms in total. The first-order valence-electron chi connectivity index (χ1n) is 5.36. The van der Waals surface area contributed by atoms with Crippen molar-refractivity contribution in [3.63, 3.8) is 0 Å². The SMILES string of the molecule is CC(C)CN(C)[C@@H](C)c1ccccc1. The number of hydrogen-bond donors (Lipinski definition) is 0. The Hall–Kier alpha value is -0.820. The van der Waals surface area contributed by atoms with Gasteiger partial charge in [0.15, 0.2) is 0 Å². The highest BCUT2D eigenvalue weighted by Gasteiger charge is 2.11. The van der Waals surface area contributed by atoms with E-state index in [1.54, 1.807) is 0 Å². The quantitative estimate of drug-likeness (QED) is 0.705. The standard InChI is InChI=1S/C13H21N/c1-11(2)10-14(4)12(3)13-8-6-5-7-9-13/h5-9,11-12H,10H2,1-4H3/t12-/m0/s1. The van der Waals surface area contributed by atoms with E-state index in [2.05, 4.69) is 63.1 Å². The largest absolute Gasteiger partial charge is 0.299 e. The highest BCUT2D eigenvalue weighted by molar-refractivity contribution is 5.18. The van der Waals surface area contributed by atoms with Gasteiger partial charge in [-0.2, -0.15) is 0 Å². The van der Waals surface area contributed by atoms with Gasteiger partial charge in [0, 0.05) is 12.6 Å². The highest BCUT2D eigenvalue weighted by Crippen LogP contribution is 2.18. The molecule has 1 aromatic rings. The van der Waals surface area contributed by atoms with Gasteiger partial charge in [-0.05, 0) is 25.5 Å². The molecule has 14 heavy (non-hydrogen) atoms. The van der Waals surface area contributed by atoms with Gasteiger partial charge in [0.25, 0.3) is 0 Å². The van der Waals surface area contributed by atoms with Crippen LogP contribution < -0.4 is 0 Å². The smallest absolute Gasteiger partial charge is 0.0316 e. The van der Waals surface area contributed by atoms with E-state index >= 15 is 0 Å². The second kappa shape index (κ2) is 5.16. The second-order valence-electron chi connectivity index (χ2n) is 4.42. The molecule has 0 aliphatic carbocycles. The first-order valence-corrected chi connectivity index (χ1v) is 5.36. The third-order valence-electron chi connectivity index (χ3n) is 2.60. The van der Waals surface area contributed by atoms with Crippen molar-refractivity contribution in [1.82, 2.24) is 4.90 Å². The molecular weight excluding hydrogens is 170 g/mol. The van der Waals surface area contributed by atoms with Gasteiger partial charge in [0.05, 0.1) is 0 Å². The molecular formula is C13H21N. The fourth-order valence-electron chi connectivity index (χ4n) is 1.72. The predicted octanol–water partition coefficient (Wildman–Crippen LogP) is 3.34. The zero-order valence-corrected chi connectivity index (χ0v) is 9.70. The summed E-state index contributed by atoms with van der Waals surface area (Å²) in [6.07, 6.45) is 0. The van der Waals surface area contributed by atoms with Crippen molar-refractivity contribution in [2.45, 2.75) is 26.8 Å². The summed E-state index contributed by atoms with van der Waals surface area (Å²) >= 11 is 0. The van der Waals surface area contributed by atoms with Crippen LogP contribution in [0.25, 0.3) is 0 Å². The first kappa shape index (κ1) is 11.3. The summed E-state index contributed by atoms with van der Waals surface area (Å²) in [6, 6.07) is 11.2. The molecule has 0 spiro atoms. The van der Waals surface area contributed by atoms with E-state index in [9.17, 15) is 0 Å². The third kappa shape index (κ3) is 3.15. The van der Waals surface area contributed by atoms with Crippen LogP contribution in [-0.2, 0) is 0 Å². The Bertz CT molecular complexity index is 253. The lowest BCUT2D eigenvalue weighted by Gasteiger charge is -2.26. The maximum atomic E-state index is 2.40. The van der Waals surface area contributed by atoms with Crippen molar-refractivity contribution in [3.8, 4) is 0 Å². The number of hydrogen-bond acceptors (Lipinski definition) is 1. The first-order chi connectivity index (χ1) is 6.61. The van der Waals surface area contributed by atoms with E-state index < -0.39 is 0 Å². The topological polar surface area (TPSA) is 3.24 Å². The van der Waals surface area contributed by atoms with Crippen molar-refractivity contribution in [2.75, 3.05) is 13.6 Å². The molecule has 0 radical (unpaired) electrons. The minimum absolute atomic E-state index is 0.513. The van der Waals surface area contributed by atoms with Gasteiger partial charge in [0.1, 0.15) is 0 Å². The Morgan fingerprint density at radius 1 is 1.07 bits per heavy atom. The average Bonchev–Trinajstić information content (AvgIpc) is 2.17. The molecule has 0 saturated carbocycles. The average molecular weight is 191 g/mol. The Balaban J connectivity index is 2.61. The van der Waals surface area contributed by atoms with Gasteiger partial charge in [-0.25, -0.2) is 0 Å². The number of rotatable bonds is 4. The lowest BCUT2D eigenvalue weighted by molar-refractivity contribution is 0.233. The van der Waals surface area contributed by atoms with Crippen LogP contribution >= 0.6 is 0 Å². The molecule has 0 saturated heterocycles. The van der Waals surface area contributed by atoms with Gasteiger partial charge >= 0.3 is 0 Å². The van der Waals surface area contributed by atoms with E-state index in [1.165, 1.54) is 5.56 Å². The van der Waals surface area contributed by atoms with Crippen LogP contribution in [0.3, 0.4) is 0 Å². The van der Waals surface area contributed by atoms with E-state index in [0.717, 1.165) is 12.5 Å². The molecule has 0 unspecified atom stereocenters. The predicted molar refractivity (Wildman–Crippen MR) is 62.3 cm³/mol. The van der Waals surface area contributed by atoms with Crippen molar-refractivity contribution >= 4 is 0 Å². The van der Waals surface area contributed by atoms with Crippen molar-refractivity contribution in [2.24, 2.45) is 5.92 Å². The van der Waals surface area contributed by atoms with E-state index in [4.69, 9.17) is 0 Å². The normalized spacial score (nSPS) is 13.6. The summed E-state index contributed by atoms with van der Waals surface area (Å²) < 4.78 is 0. The van der Waals surface area contributed by atoms with Crippen molar-refractivity contribution in [3.05, 3.63) is 35.9 Å². The summed E-state index contributed by atoms with van der Waals surface area (Å²) in [4.78, 5) is 2.40. The lowest BCUT2D eigenvalue weighted by atomic mass is 10.1. The third-order valence-corrected chi connectivity index (χ3v) is 2.60. The molecule has 1 aromatic carbocycles. The Kier molecular flexibility index (Phi) is 4.15. The molecule has 1 heteroatoms. The molecule has 0 heterocycles. The maximum Gasteiger partial charge on any atom is 0.0316 e. The Morgan fingerprint density at radius 2 is 1.64 bits per heavy atom. The van der Waals surface area contributed by atoms with Crippen molar-refractivity contribution in [1.29, 1.82) is 0 Å². The molecule has 0 bridgehead atoms. The lowest BCUT2D eigenvalue weighted by Crippen LogP contribution is -2.26. The minimum atomic E-state index is 0.513. The van der Waals surface area contributed by atoms with Gasteiger partial charge in [-0.3, -0.25) is 4.90 Å². The molecule has 0 aromatic heterocycles. The van der Waals surface area contributed by atoms with Crippen LogP contribution in [0.5, 0.6) is 0 Å². The summed E-state index contributed by atoms with van der Waals surface area (Å²) in [5, 5.41) is 0. The molecule has 0 amide bonds. The molecule has 0 aliphatic heterocycles. The van der Waals surface area contributed by atoms with Crippen LogP contribution in [-0.4, -0.2) is 18.5 Å². The summed E-state index contributed by atoms with van der Waals surface area (Å²) in [5.74, 6) is 0.728. The van der Waals surface area contributed by atoms with Crippen LogP contribution in [0, 0.1) is 5.92 Å². The summed E-state index contributed by atoms with van der Waals surface area (Å²) in [7, 11) is 2.19. The van der Waals surface area contributed by atoms with E-state index in [0.29, 0.717) is 6.04 Å². The zero-order valence-electron chi connectivity index (χ0n) is 9.70. The van der Waals surface area contributed by atoms with E-state index in [-0.39, 0.29) is 0 Å². The number of nitrogens with zero attached hydrogens (tertiary/aromatic N) is 1. The molecule has 1 rings (SSSR count). The fourth-order valence-corrected chi connectivity index (χ4v) is 1.72. The molecule has 1 atom stereocenters. The van der Waals surface area contributed by atoms with Gasteiger partial charge in [-0.1, -0.05) is 44.2 Å². The maximum absolute atomic E-state index is 2.40. The van der Waals surface area contributed by atoms with E-state index in [1.807, 2.05) is 0 Å². The monoisotopic (exact) mass is 191 g/mol. The van der Waals surface area contributed by atoms with Crippen LogP contribution in [0.2, 0.25) is 0 Å². The molecule has 0 fully saturated rings. The van der Waals surface area contributed by atoms with Crippen molar-refractivity contribution < 1.29 is 0 Å². The Labute approximate surface area is 87.7 Å². The van der Waals surface area contributed by atoms with Crippen LogP contribution in [0.1, 0.15) is 32.4 Å². The highest BCUT2D eigenvalue weighted by atomic mass is 15.1. The minimum Gasteiger partial charge on any atom is -0.299 e. The van der Waals surface area contributed by atoms with Gasteiger partial charge in [0.2, 0.25) is 0 Å². The molecule has 78 valence electrons. The fraction of sp³-hybridized carbons (Fsp3) is 0.538. The second-order valence-corrected chi connectivity index (χ2v) is 4.42. The van der Waals surface area contributed by atoms with Crippen LogP contribution in [0.4, 0.5) is 0 Å². The summed E-state index contributed by atoms with van der Waals surface area (Å²) in [5.41, 5.74) is 1.40. The van der Waals surface area contributed by atoms with Gasteiger partial charge in [-0.15, -0.1) is 0 Å². The Morgan fingerprint density at radius 3 is 2.14 bits per heavy atom.